The van der Waals surface area contributed by atoms with Crippen molar-refractivity contribution in [3.8, 4) is 5.75 Å². The molecule has 32 heavy (non-hydrogen) atoms. The van der Waals surface area contributed by atoms with Crippen LogP contribution in [0.1, 0.15) is 56.8 Å². The second-order valence-electron chi connectivity index (χ2n) is 10.1. The van der Waals surface area contributed by atoms with Crippen LogP contribution in [-0.4, -0.2) is 76.8 Å². The van der Waals surface area contributed by atoms with Crippen molar-refractivity contribution in [2.24, 2.45) is 0 Å². The summed E-state index contributed by atoms with van der Waals surface area (Å²) in [6.45, 7) is 7.66. The molecule has 0 unspecified atom stereocenters. The van der Waals surface area contributed by atoms with Gasteiger partial charge in [-0.1, -0.05) is 23.2 Å². The second kappa shape index (κ2) is 7.55. The lowest BCUT2D eigenvalue weighted by Crippen LogP contribution is -2.58. The molecule has 8 nitrogen and oxygen atoms in total. The van der Waals surface area contributed by atoms with Gasteiger partial charge in [-0.15, -0.1) is 0 Å². The molecule has 1 aromatic rings. The number of rotatable bonds is 1. The molecule has 1 saturated carbocycles. The van der Waals surface area contributed by atoms with E-state index in [1.807, 2.05) is 20.8 Å². The van der Waals surface area contributed by atoms with Gasteiger partial charge in [0.2, 0.25) is 0 Å². The van der Waals surface area contributed by atoms with Crippen molar-refractivity contribution in [3.63, 3.8) is 0 Å². The van der Waals surface area contributed by atoms with E-state index >= 15 is 0 Å². The molecule has 1 spiro atoms. The Hall–Kier alpha value is -1.93. The Balaban J connectivity index is 1.46. The van der Waals surface area contributed by atoms with Crippen molar-refractivity contribution in [1.29, 1.82) is 0 Å². The fraction of sp³-hybridized carbons (Fsp3) is 0.682. The van der Waals surface area contributed by atoms with Gasteiger partial charge in [-0.3, -0.25) is 4.79 Å². The Morgan fingerprint density at radius 3 is 2.62 bits per heavy atom. The minimum Gasteiger partial charge on any atom is -0.489 e. The predicted octanol–water partition coefficient (Wildman–Crippen LogP) is 3.98. The summed E-state index contributed by atoms with van der Waals surface area (Å²) in [5.74, 6) is 0.701. The lowest BCUT2D eigenvalue weighted by atomic mass is 10.1. The van der Waals surface area contributed by atoms with E-state index in [0.717, 1.165) is 32.2 Å². The molecule has 2 amide bonds. The van der Waals surface area contributed by atoms with Gasteiger partial charge >= 0.3 is 6.09 Å². The number of nitrogens with zero attached hydrogens (tertiary/aromatic N) is 4. The summed E-state index contributed by atoms with van der Waals surface area (Å²) in [4.78, 5) is 36.6. The number of fused-ring (bicyclic) bond motifs is 2. The van der Waals surface area contributed by atoms with Crippen LogP contribution < -0.4 is 9.64 Å². The predicted molar refractivity (Wildman–Crippen MR) is 121 cm³/mol. The molecule has 2 saturated heterocycles. The average molecular weight is 483 g/mol. The van der Waals surface area contributed by atoms with Crippen molar-refractivity contribution >= 4 is 41.0 Å². The fourth-order valence-electron chi connectivity index (χ4n) is 5.04. The van der Waals surface area contributed by atoms with Crippen LogP contribution in [0.25, 0.3) is 0 Å². The summed E-state index contributed by atoms with van der Waals surface area (Å²) >= 11 is 12.8. The molecular weight excluding hydrogens is 455 g/mol. The van der Waals surface area contributed by atoms with Gasteiger partial charge in [-0.2, -0.15) is 0 Å². The Bertz CT molecular complexity index is 976. The number of halogens is 2. The third kappa shape index (κ3) is 3.65. The number of hydrogen-bond donors (Lipinski definition) is 0. The molecule has 10 heteroatoms. The SMILES string of the molecule is CC(C)(C)OC(=O)N1CCN2C(=O)c3c(N4CCCC45CC5)nc(Cl)c(Cl)c3OC[C@H]2C1. The van der Waals surface area contributed by atoms with E-state index in [1.165, 1.54) is 0 Å². The maximum Gasteiger partial charge on any atom is 0.410 e. The number of ether oxygens (including phenoxy) is 2. The zero-order valence-corrected chi connectivity index (χ0v) is 20.1. The summed E-state index contributed by atoms with van der Waals surface area (Å²) < 4.78 is 11.6. The minimum absolute atomic E-state index is 0.0827. The Kier molecular flexibility index (Phi) is 5.17. The summed E-state index contributed by atoms with van der Waals surface area (Å²) in [5, 5.41) is 0.304. The number of carbonyl (C=O) groups is 2. The van der Waals surface area contributed by atoms with E-state index in [2.05, 4.69) is 9.88 Å². The summed E-state index contributed by atoms with van der Waals surface area (Å²) in [6, 6.07) is -0.313. The zero-order valence-electron chi connectivity index (χ0n) is 18.6. The van der Waals surface area contributed by atoms with Crippen LogP contribution in [-0.2, 0) is 4.74 Å². The highest BCUT2D eigenvalue weighted by molar-refractivity contribution is 6.42. The molecule has 3 aliphatic heterocycles. The number of pyridine rings is 1. The van der Waals surface area contributed by atoms with E-state index in [1.54, 1.807) is 9.80 Å². The standard InChI is InChI=1S/C22H28Cl2N4O4/c1-21(2,3)32-20(30)26-9-10-27-13(11-26)12-31-16-14(19(27)29)18(25-17(24)15(16)23)28-8-4-5-22(28)6-7-22/h13H,4-12H2,1-3H3/t13-/m1/s1. The smallest absolute Gasteiger partial charge is 0.410 e. The number of amides is 2. The summed E-state index contributed by atoms with van der Waals surface area (Å²) in [7, 11) is 0. The van der Waals surface area contributed by atoms with Gasteiger partial charge in [0.1, 0.15) is 28.6 Å². The second-order valence-corrected chi connectivity index (χ2v) is 10.8. The average Bonchev–Trinajstić information content (AvgIpc) is 3.40. The molecule has 0 aromatic carbocycles. The van der Waals surface area contributed by atoms with Crippen molar-refractivity contribution in [2.75, 3.05) is 37.7 Å². The number of aromatic nitrogens is 1. The van der Waals surface area contributed by atoms with Crippen molar-refractivity contribution in [1.82, 2.24) is 14.8 Å². The van der Waals surface area contributed by atoms with Crippen LogP contribution in [0.5, 0.6) is 5.75 Å². The third-order valence-electron chi connectivity index (χ3n) is 6.74. The van der Waals surface area contributed by atoms with Crippen LogP contribution >= 0.6 is 23.2 Å². The third-order valence-corrected chi connectivity index (χ3v) is 7.46. The molecule has 1 atom stereocenters. The zero-order chi connectivity index (χ0) is 22.8. The maximum absolute atomic E-state index is 13.8. The Labute approximate surface area is 197 Å². The lowest BCUT2D eigenvalue weighted by Gasteiger charge is -2.40. The van der Waals surface area contributed by atoms with E-state index in [0.29, 0.717) is 36.8 Å². The van der Waals surface area contributed by atoms with E-state index in [9.17, 15) is 9.59 Å². The molecule has 174 valence electrons. The minimum atomic E-state index is -0.584. The first-order valence-electron chi connectivity index (χ1n) is 11.2. The number of piperazine rings is 1. The molecule has 3 fully saturated rings. The maximum atomic E-state index is 13.8. The van der Waals surface area contributed by atoms with Crippen LogP contribution in [0.15, 0.2) is 0 Å². The number of carbonyl (C=O) groups excluding carboxylic acids is 2. The molecule has 4 aliphatic rings. The number of anilines is 1. The Morgan fingerprint density at radius 1 is 1.19 bits per heavy atom. The molecule has 0 radical (unpaired) electrons. The summed E-state index contributed by atoms with van der Waals surface area (Å²) in [5.41, 5.74) is -0.111. The van der Waals surface area contributed by atoms with Gasteiger partial charge in [-0.25, -0.2) is 9.78 Å². The highest BCUT2D eigenvalue weighted by Crippen LogP contribution is 2.53. The van der Waals surface area contributed by atoms with Crippen LogP contribution in [0.4, 0.5) is 10.6 Å². The summed E-state index contributed by atoms with van der Waals surface area (Å²) in [6.07, 6.45) is 3.95. The van der Waals surface area contributed by atoms with Crippen molar-refractivity contribution in [2.45, 2.75) is 63.6 Å². The Morgan fingerprint density at radius 2 is 1.94 bits per heavy atom. The normalized spacial score (nSPS) is 24.1. The first kappa shape index (κ1) is 21.9. The monoisotopic (exact) mass is 482 g/mol. The van der Waals surface area contributed by atoms with Gasteiger partial charge in [0.05, 0.1) is 6.04 Å². The van der Waals surface area contributed by atoms with Crippen LogP contribution in [0.2, 0.25) is 10.2 Å². The topological polar surface area (TPSA) is 75.2 Å². The molecule has 5 rings (SSSR count). The van der Waals surface area contributed by atoms with E-state index in [4.69, 9.17) is 32.7 Å². The molecule has 4 heterocycles. The van der Waals surface area contributed by atoms with Gasteiger partial charge in [0.15, 0.2) is 10.9 Å². The molecular formula is C22H28Cl2N4O4. The quantitative estimate of drug-likeness (QED) is 0.563. The van der Waals surface area contributed by atoms with Gasteiger partial charge < -0.3 is 24.2 Å². The van der Waals surface area contributed by atoms with Crippen LogP contribution in [0, 0.1) is 0 Å². The van der Waals surface area contributed by atoms with Crippen molar-refractivity contribution in [3.05, 3.63) is 15.7 Å². The highest BCUT2D eigenvalue weighted by Gasteiger charge is 2.53. The highest BCUT2D eigenvalue weighted by atomic mass is 35.5. The molecule has 1 aliphatic carbocycles. The first-order chi connectivity index (χ1) is 15.1. The lowest BCUT2D eigenvalue weighted by molar-refractivity contribution is 0.000954. The van der Waals surface area contributed by atoms with Crippen molar-refractivity contribution < 1.29 is 19.1 Å². The van der Waals surface area contributed by atoms with Gasteiger partial charge in [0.25, 0.3) is 5.91 Å². The van der Waals surface area contributed by atoms with Gasteiger partial charge in [-0.05, 0) is 46.5 Å². The van der Waals surface area contributed by atoms with E-state index in [-0.39, 0.29) is 40.4 Å². The largest absolute Gasteiger partial charge is 0.489 e. The number of hydrogen-bond acceptors (Lipinski definition) is 6. The first-order valence-corrected chi connectivity index (χ1v) is 11.9. The molecule has 1 aromatic heterocycles. The van der Waals surface area contributed by atoms with E-state index < -0.39 is 5.60 Å². The fourth-order valence-corrected chi connectivity index (χ4v) is 5.40. The van der Waals surface area contributed by atoms with Gasteiger partial charge in [0, 0.05) is 31.7 Å². The molecule has 0 N–H and O–H groups in total. The van der Waals surface area contributed by atoms with Crippen LogP contribution in [0.3, 0.4) is 0 Å². The molecule has 0 bridgehead atoms.